The summed E-state index contributed by atoms with van der Waals surface area (Å²) in [4.78, 5) is 23.6. The van der Waals surface area contributed by atoms with E-state index in [4.69, 9.17) is 4.74 Å². The summed E-state index contributed by atoms with van der Waals surface area (Å²) in [6.45, 7) is 10.3. The standard InChI is InChI=1S/C20H30O3.U/c1-14(2)13-17-8-10-18(11-9-17)16(5)20(22)23-12-6-7-19(21)15(3)4;/h8-11,14-16H,6-7,12-13H2,1-5H3;. The second-order valence-corrected chi connectivity index (χ2v) is 6.95. The van der Waals surface area contributed by atoms with Crippen LogP contribution in [0.25, 0.3) is 0 Å². The molecular formula is C20H30O3U. The van der Waals surface area contributed by atoms with Crippen LogP contribution in [-0.4, -0.2) is 18.4 Å². The molecule has 1 aromatic rings. The van der Waals surface area contributed by atoms with E-state index >= 15 is 0 Å². The molecule has 0 saturated heterocycles. The summed E-state index contributed by atoms with van der Waals surface area (Å²) >= 11 is 0. The number of rotatable bonds is 9. The molecule has 0 aliphatic heterocycles. The fraction of sp³-hybridized carbons (Fsp3) is 0.600. The van der Waals surface area contributed by atoms with Gasteiger partial charge in [-0.05, 0) is 36.8 Å². The van der Waals surface area contributed by atoms with E-state index in [0.717, 1.165) is 12.0 Å². The van der Waals surface area contributed by atoms with Crippen LogP contribution in [0.2, 0.25) is 0 Å². The van der Waals surface area contributed by atoms with Crippen molar-refractivity contribution in [1.82, 2.24) is 0 Å². The molecule has 0 aliphatic rings. The maximum atomic E-state index is 12.1. The quantitative estimate of drug-likeness (QED) is 0.332. The van der Waals surface area contributed by atoms with Gasteiger partial charge in [-0.25, -0.2) is 0 Å². The van der Waals surface area contributed by atoms with E-state index in [2.05, 4.69) is 26.0 Å². The van der Waals surface area contributed by atoms with Crippen LogP contribution in [0, 0.1) is 42.9 Å². The summed E-state index contributed by atoms with van der Waals surface area (Å²) in [5, 5.41) is 0. The SMILES string of the molecule is CC(C)Cc1ccc(C(C)C(=O)OCCCC(=O)C(C)C)cc1.[U]. The molecule has 4 heteroatoms. The van der Waals surface area contributed by atoms with Gasteiger partial charge >= 0.3 is 5.97 Å². The fourth-order valence-electron chi connectivity index (χ4n) is 2.38. The Labute approximate surface area is 170 Å². The molecule has 0 radical (unpaired) electrons. The molecule has 0 amide bonds. The number of hydrogen-bond donors (Lipinski definition) is 0. The molecule has 3 nitrogen and oxygen atoms in total. The Balaban J connectivity index is 0.00000529. The number of ether oxygens (including phenoxy) is 1. The Hall–Kier alpha value is -0.588. The minimum absolute atomic E-state index is 0. The molecule has 0 aromatic heterocycles. The summed E-state index contributed by atoms with van der Waals surface area (Å²) in [5.41, 5.74) is 2.26. The average Bonchev–Trinajstić information content (AvgIpc) is 2.50. The zero-order valence-electron chi connectivity index (χ0n) is 15.6. The van der Waals surface area contributed by atoms with Crippen LogP contribution in [0.3, 0.4) is 0 Å². The van der Waals surface area contributed by atoms with Crippen molar-refractivity contribution in [2.75, 3.05) is 6.61 Å². The Kier molecular flexibility index (Phi) is 11.6. The summed E-state index contributed by atoms with van der Waals surface area (Å²) in [7, 11) is 0. The first-order valence-corrected chi connectivity index (χ1v) is 8.59. The fourth-order valence-corrected chi connectivity index (χ4v) is 2.38. The molecule has 1 aromatic carbocycles. The molecule has 0 aliphatic carbocycles. The van der Waals surface area contributed by atoms with Crippen molar-refractivity contribution in [3.8, 4) is 0 Å². The molecule has 1 rings (SSSR count). The number of benzene rings is 1. The topological polar surface area (TPSA) is 43.4 Å². The summed E-state index contributed by atoms with van der Waals surface area (Å²) < 4.78 is 5.29. The molecule has 132 valence electrons. The van der Waals surface area contributed by atoms with Crippen molar-refractivity contribution in [2.24, 2.45) is 11.8 Å². The van der Waals surface area contributed by atoms with Crippen molar-refractivity contribution in [3.05, 3.63) is 35.4 Å². The van der Waals surface area contributed by atoms with Crippen molar-refractivity contribution >= 4 is 11.8 Å². The third-order valence-corrected chi connectivity index (χ3v) is 3.93. The van der Waals surface area contributed by atoms with Crippen LogP contribution in [0.1, 0.15) is 64.5 Å². The first-order valence-electron chi connectivity index (χ1n) is 8.59. The van der Waals surface area contributed by atoms with Crippen molar-refractivity contribution < 1.29 is 45.4 Å². The van der Waals surface area contributed by atoms with E-state index in [-0.39, 0.29) is 54.7 Å². The largest absolute Gasteiger partial charge is 0.465 e. The molecule has 0 heterocycles. The number of hydrogen-bond acceptors (Lipinski definition) is 3. The van der Waals surface area contributed by atoms with Crippen LogP contribution in [-0.2, 0) is 20.7 Å². The maximum Gasteiger partial charge on any atom is 0.313 e. The second kappa shape index (κ2) is 11.9. The first-order chi connectivity index (χ1) is 10.8. The molecule has 0 bridgehead atoms. The molecule has 0 N–H and O–H groups in total. The molecule has 0 spiro atoms. The minimum Gasteiger partial charge on any atom is -0.465 e. The number of ketones is 1. The molecule has 24 heavy (non-hydrogen) atoms. The summed E-state index contributed by atoms with van der Waals surface area (Å²) in [6.07, 6.45) is 2.12. The monoisotopic (exact) mass is 556 g/mol. The zero-order chi connectivity index (χ0) is 17.4. The predicted octanol–water partition coefficient (Wildman–Crippen LogP) is 4.54. The van der Waals surface area contributed by atoms with Gasteiger partial charge in [-0.1, -0.05) is 52.0 Å². The Morgan fingerprint density at radius 1 is 1.00 bits per heavy atom. The van der Waals surface area contributed by atoms with Crippen LogP contribution in [0.4, 0.5) is 0 Å². The van der Waals surface area contributed by atoms with Crippen molar-refractivity contribution in [2.45, 2.75) is 59.8 Å². The number of carbonyl (C=O) groups is 2. The van der Waals surface area contributed by atoms with Gasteiger partial charge < -0.3 is 4.74 Å². The summed E-state index contributed by atoms with van der Waals surface area (Å²) in [6, 6.07) is 8.18. The van der Waals surface area contributed by atoms with E-state index in [1.54, 1.807) is 0 Å². The normalized spacial score (nSPS) is 12.0. The van der Waals surface area contributed by atoms with Crippen LogP contribution >= 0.6 is 0 Å². The van der Waals surface area contributed by atoms with Gasteiger partial charge in [0.05, 0.1) is 12.5 Å². The summed E-state index contributed by atoms with van der Waals surface area (Å²) in [5.74, 6) is 0.392. The zero-order valence-corrected chi connectivity index (χ0v) is 19.8. The third kappa shape index (κ3) is 8.49. The van der Waals surface area contributed by atoms with E-state index in [1.807, 2.05) is 32.9 Å². The Morgan fingerprint density at radius 3 is 2.08 bits per heavy atom. The van der Waals surface area contributed by atoms with E-state index in [0.29, 0.717) is 25.4 Å². The number of carbonyl (C=O) groups excluding carboxylic acids is 2. The third-order valence-electron chi connectivity index (χ3n) is 3.93. The van der Waals surface area contributed by atoms with Crippen LogP contribution in [0.15, 0.2) is 24.3 Å². The molecule has 1 unspecified atom stereocenters. The van der Waals surface area contributed by atoms with Gasteiger partial charge in [0.15, 0.2) is 0 Å². The minimum atomic E-state index is -0.274. The van der Waals surface area contributed by atoms with E-state index < -0.39 is 0 Å². The molecule has 1 atom stereocenters. The van der Waals surface area contributed by atoms with Gasteiger partial charge in [0.25, 0.3) is 0 Å². The molecule has 0 fully saturated rings. The maximum absolute atomic E-state index is 12.1. The second-order valence-electron chi connectivity index (χ2n) is 6.95. The van der Waals surface area contributed by atoms with Gasteiger partial charge in [-0.3, -0.25) is 9.59 Å². The van der Waals surface area contributed by atoms with Gasteiger partial charge in [0.2, 0.25) is 0 Å². The smallest absolute Gasteiger partial charge is 0.313 e. The Morgan fingerprint density at radius 2 is 1.58 bits per heavy atom. The van der Waals surface area contributed by atoms with E-state index in [1.165, 1.54) is 5.56 Å². The van der Waals surface area contributed by atoms with Gasteiger partial charge in [0.1, 0.15) is 5.78 Å². The van der Waals surface area contributed by atoms with Gasteiger partial charge in [-0.15, -0.1) is 0 Å². The van der Waals surface area contributed by atoms with Gasteiger partial charge in [-0.2, -0.15) is 0 Å². The predicted molar refractivity (Wildman–Crippen MR) is 93.4 cm³/mol. The van der Waals surface area contributed by atoms with Crippen LogP contribution in [0.5, 0.6) is 0 Å². The van der Waals surface area contributed by atoms with Gasteiger partial charge in [0, 0.05) is 43.5 Å². The molecule has 0 saturated carbocycles. The average molecular weight is 556 g/mol. The first kappa shape index (κ1) is 23.4. The van der Waals surface area contributed by atoms with E-state index in [9.17, 15) is 9.59 Å². The van der Waals surface area contributed by atoms with Crippen LogP contribution < -0.4 is 0 Å². The number of Topliss-reactive ketones (excluding diaryl/α,β-unsaturated/α-hetero) is 1. The molecular weight excluding hydrogens is 526 g/mol. The van der Waals surface area contributed by atoms with Crippen molar-refractivity contribution in [3.63, 3.8) is 0 Å². The Bertz CT molecular complexity index is 506. The number of esters is 1. The van der Waals surface area contributed by atoms with Crippen molar-refractivity contribution in [1.29, 1.82) is 0 Å².